The molecule has 3 aliphatic heterocycles. The molecule has 2 atom stereocenters. The van der Waals surface area contributed by atoms with E-state index in [-0.39, 0.29) is 17.4 Å². The van der Waals surface area contributed by atoms with Gasteiger partial charge in [0, 0.05) is 50.3 Å². The van der Waals surface area contributed by atoms with Crippen molar-refractivity contribution in [3.05, 3.63) is 17.7 Å². The van der Waals surface area contributed by atoms with Crippen LogP contribution in [0, 0.1) is 11.8 Å². The molecule has 156 valence electrons. The molecule has 2 saturated heterocycles. The van der Waals surface area contributed by atoms with Gasteiger partial charge in [-0.05, 0) is 50.9 Å². The van der Waals surface area contributed by atoms with Crippen LogP contribution in [0.15, 0.2) is 6.33 Å². The fraction of sp³-hybridized carbons (Fsp3) is 0.773. The third-order valence-corrected chi connectivity index (χ3v) is 8.26. The van der Waals surface area contributed by atoms with Crippen LogP contribution in [0.2, 0.25) is 0 Å². The molecule has 6 rings (SSSR count). The number of aromatic nitrogens is 2. The van der Waals surface area contributed by atoms with Crippen LogP contribution in [0.5, 0.6) is 0 Å². The summed E-state index contributed by atoms with van der Waals surface area (Å²) in [5.74, 6) is 1.62. The van der Waals surface area contributed by atoms with Gasteiger partial charge < -0.3 is 14.8 Å². The van der Waals surface area contributed by atoms with Gasteiger partial charge >= 0.3 is 0 Å². The molecule has 0 unspecified atom stereocenters. The summed E-state index contributed by atoms with van der Waals surface area (Å²) in [7, 11) is 0. The highest BCUT2D eigenvalue weighted by molar-refractivity contribution is 5.82. The van der Waals surface area contributed by atoms with Crippen molar-refractivity contribution in [2.75, 3.05) is 32.7 Å². The Hall–Kier alpha value is -1.89. The Labute approximate surface area is 171 Å². The smallest absolute Gasteiger partial charge is 0.236 e. The molecule has 1 N–H and O–H groups in total. The minimum absolute atomic E-state index is 0.220. The first kappa shape index (κ1) is 17.9. The minimum atomic E-state index is -0.323. The Morgan fingerprint density at radius 3 is 2.66 bits per heavy atom. The lowest BCUT2D eigenvalue weighted by atomic mass is 9.78. The number of hydrogen-bond acceptors (Lipinski definition) is 4. The van der Waals surface area contributed by atoms with E-state index in [9.17, 15) is 9.59 Å². The van der Waals surface area contributed by atoms with Crippen molar-refractivity contribution in [3.8, 4) is 0 Å². The molecule has 5 aliphatic rings. The van der Waals surface area contributed by atoms with Crippen LogP contribution in [0.25, 0.3) is 0 Å². The summed E-state index contributed by atoms with van der Waals surface area (Å²) in [6.07, 6.45) is 10.2. The third kappa shape index (κ3) is 2.84. The van der Waals surface area contributed by atoms with Crippen LogP contribution in [-0.4, -0.2) is 75.2 Å². The molecule has 4 heterocycles. The molecular weight excluding hydrogens is 366 g/mol. The number of amides is 2. The van der Waals surface area contributed by atoms with Crippen LogP contribution < -0.4 is 0 Å². The van der Waals surface area contributed by atoms with Gasteiger partial charge in [0.2, 0.25) is 11.8 Å². The molecule has 0 radical (unpaired) electrons. The summed E-state index contributed by atoms with van der Waals surface area (Å²) in [5, 5.41) is 0. The summed E-state index contributed by atoms with van der Waals surface area (Å²) < 4.78 is 0. The maximum atomic E-state index is 13.1. The number of likely N-dealkylation sites (tertiary alicyclic amines) is 2. The van der Waals surface area contributed by atoms with Crippen molar-refractivity contribution < 1.29 is 9.59 Å². The summed E-state index contributed by atoms with van der Waals surface area (Å²) in [4.78, 5) is 40.6. The number of imidazole rings is 1. The van der Waals surface area contributed by atoms with E-state index >= 15 is 0 Å². The van der Waals surface area contributed by atoms with Gasteiger partial charge in [-0.15, -0.1) is 0 Å². The van der Waals surface area contributed by atoms with Crippen molar-refractivity contribution in [1.29, 1.82) is 0 Å². The Bertz CT molecular complexity index is 823. The average Bonchev–Trinajstić information content (AvgIpc) is 3.12. The zero-order valence-corrected chi connectivity index (χ0v) is 17.1. The zero-order valence-electron chi connectivity index (χ0n) is 17.1. The van der Waals surface area contributed by atoms with Crippen molar-refractivity contribution in [2.24, 2.45) is 11.8 Å². The first-order valence-electron chi connectivity index (χ1n) is 11.5. The van der Waals surface area contributed by atoms with Crippen LogP contribution in [0.4, 0.5) is 0 Å². The van der Waals surface area contributed by atoms with Gasteiger partial charge in [-0.25, -0.2) is 4.98 Å². The van der Waals surface area contributed by atoms with E-state index in [1.54, 1.807) is 6.33 Å². The Morgan fingerprint density at radius 1 is 1.14 bits per heavy atom. The van der Waals surface area contributed by atoms with Crippen molar-refractivity contribution in [3.63, 3.8) is 0 Å². The molecule has 2 amide bonds. The summed E-state index contributed by atoms with van der Waals surface area (Å²) in [6.45, 7) is 3.90. The number of fused-ring (bicyclic) bond motifs is 4. The highest BCUT2D eigenvalue weighted by Gasteiger charge is 2.51. The summed E-state index contributed by atoms with van der Waals surface area (Å²) in [5.41, 5.74) is 1.91. The van der Waals surface area contributed by atoms with E-state index < -0.39 is 0 Å². The van der Waals surface area contributed by atoms with Crippen LogP contribution in [0.3, 0.4) is 0 Å². The molecule has 7 heteroatoms. The number of carbonyl (C=O) groups is 2. The molecule has 0 aromatic carbocycles. The Morgan fingerprint density at radius 2 is 1.97 bits per heavy atom. The largest absolute Gasteiger partial charge is 0.348 e. The van der Waals surface area contributed by atoms with Crippen molar-refractivity contribution >= 4 is 11.8 Å². The fourth-order valence-corrected chi connectivity index (χ4v) is 6.48. The van der Waals surface area contributed by atoms with Gasteiger partial charge in [0.15, 0.2) is 0 Å². The van der Waals surface area contributed by atoms with Gasteiger partial charge in [-0.1, -0.05) is 0 Å². The predicted molar refractivity (Wildman–Crippen MR) is 107 cm³/mol. The number of piperidine rings is 2. The highest BCUT2D eigenvalue weighted by atomic mass is 16.2. The topological polar surface area (TPSA) is 72.5 Å². The van der Waals surface area contributed by atoms with E-state index in [0.29, 0.717) is 18.5 Å². The molecule has 2 saturated carbocycles. The number of carbonyl (C=O) groups excluding carboxylic acids is 2. The lowest BCUT2D eigenvalue weighted by Gasteiger charge is -2.50. The van der Waals surface area contributed by atoms with Crippen LogP contribution in [0.1, 0.15) is 56.3 Å². The molecule has 1 spiro atoms. The number of nitrogens with zero attached hydrogens (tertiary/aromatic N) is 4. The van der Waals surface area contributed by atoms with Crippen LogP contribution >= 0.6 is 0 Å². The first-order chi connectivity index (χ1) is 14.1. The van der Waals surface area contributed by atoms with Gasteiger partial charge in [0.05, 0.1) is 24.1 Å². The lowest BCUT2D eigenvalue weighted by molar-refractivity contribution is -0.146. The number of nitrogens with one attached hydrogen (secondary N) is 1. The van der Waals surface area contributed by atoms with E-state index in [4.69, 9.17) is 0 Å². The van der Waals surface area contributed by atoms with E-state index in [1.807, 2.05) is 4.90 Å². The highest BCUT2D eigenvalue weighted by Crippen LogP contribution is 2.45. The second kappa shape index (κ2) is 6.56. The summed E-state index contributed by atoms with van der Waals surface area (Å²) in [6, 6.07) is 0.636. The standard InChI is InChI=1S/C22H31N5O2/c28-19(13-26-12-15-1-4-17(26)11-15)25-9-6-22(7-10-25)20-18(23-14-24-20)5-8-27(22)21(29)16-2-3-16/h14-17H,1-13H2,(H,23,24)/t15-,17+/m1/s1. The maximum Gasteiger partial charge on any atom is 0.236 e. The lowest BCUT2D eigenvalue weighted by Crippen LogP contribution is -2.59. The molecule has 1 aromatic heterocycles. The van der Waals surface area contributed by atoms with Crippen molar-refractivity contribution in [1.82, 2.24) is 24.7 Å². The first-order valence-corrected chi connectivity index (χ1v) is 11.5. The molecule has 2 aliphatic carbocycles. The monoisotopic (exact) mass is 397 g/mol. The van der Waals surface area contributed by atoms with Gasteiger partial charge in [-0.3, -0.25) is 14.5 Å². The number of aromatic amines is 1. The average molecular weight is 398 g/mol. The molecular formula is C22H31N5O2. The quantitative estimate of drug-likeness (QED) is 0.839. The molecule has 29 heavy (non-hydrogen) atoms. The number of rotatable bonds is 3. The van der Waals surface area contributed by atoms with Gasteiger partial charge in [0.1, 0.15) is 0 Å². The summed E-state index contributed by atoms with van der Waals surface area (Å²) >= 11 is 0. The third-order valence-electron chi connectivity index (χ3n) is 8.26. The second-order valence-corrected chi connectivity index (χ2v) is 9.92. The Balaban J connectivity index is 1.18. The molecule has 2 bridgehead atoms. The normalized spacial score (nSPS) is 30.8. The van der Waals surface area contributed by atoms with Gasteiger partial charge in [-0.2, -0.15) is 0 Å². The molecule has 1 aromatic rings. The number of hydrogen-bond donors (Lipinski definition) is 1. The molecule has 4 fully saturated rings. The van der Waals surface area contributed by atoms with E-state index in [1.165, 1.54) is 25.0 Å². The van der Waals surface area contributed by atoms with Gasteiger partial charge in [0.25, 0.3) is 0 Å². The molecule has 7 nitrogen and oxygen atoms in total. The second-order valence-electron chi connectivity index (χ2n) is 9.92. The predicted octanol–water partition coefficient (Wildman–Crippen LogP) is 1.51. The Kier molecular flexibility index (Phi) is 4.05. The van der Waals surface area contributed by atoms with Crippen LogP contribution in [-0.2, 0) is 21.5 Å². The SMILES string of the molecule is O=C(CN1C[C@@H]2CC[C@H]1C2)N1CCC2(CC1)c1nc[nH]c1CCN2C(=O)C1CC1. The fourth-order valence-electron chi connectivity index (χ4n) is 6.48. The van der Waals surface area contributed by atoms with Crippen molar-refractivity contribution in [2.45, 2.75) is 62.9 Å². The van der Waals surface area contributed by atoms with E-state index in [0.717, 1.165) is 69.9 Å². The minimum Gasteiger partial charge on any atom is -0.348 e. The number of H-pyrrole nitrogens is 1. The maximum absolute atomic E-state index is 13.1. The van der Waals surface area contributed by atoms with E-state index in [2.05, 4.69) is 19.8 Å². The zero-order chi connectivity index (χ0) is 19.6.